The number of Topliss-reactive ketones (excluding diaryl/α,β-unsaturated/α-hetero) is 1. The average molecular weight is 318 g/mol. The van der Waals surface area contributed by atoms with E-state index in [2.05, 4.69) is 5.28 Å². The van der Waals surface area contributed by atoms with Crippen molar-refractivity contribution in [1.29, 1.82) is 0 Å². The van der Waals surface area contributed by atoms with Crippen molar-refractivity contribution in [3.05, 3.63) is 33.7 Å². The van der Waals surface area contributed by atoms with Gasteiger partial charge < -0.3 is 15.2 Å². The third-order valence-corrected chi connectivity index (χ3v) is 3.51. The Kier molecular flexibility index (Phi) is 6.61. The number of hydroxylamine groups is 1. The summed E-state index contributed by atoms with van der Waals surface area (Å²) in [5, 5.41) is 25.0. The topological polar surface area (TPSA) is 87.8 Å². The van der Waals surface area contributed by atoms with Crippen molar-refractivity contribution in [2.75, 3.05) is 7.11 Å². The van der Waals surface area contributed by atoms with Gasteiger partial charge in [-0.3, -0.25) is 4.79 Å². The summed E-state index contributed by atoms with van der Waals surface area (Å²) >= 11 is 0. The van der Waals surface area contributed by atoms with E-state index in [4.69, 9.17) is 4.74 Å². The van der Waals surface area contributed by atoms with Crippen LogP contribution in [0.5, 0.6) is 0 Å². The van der Waals surface area contributed by atoms with Crippen molar-refractivity contribution in [2.24, 2.45) is 16.1 Å². The van der Waals surface area contributed by atoms with Gasteiger partial charge in [-0.2, -0.15) is 0 Å². The molecule has 0 atom stereocenters. The molecule has 0 saturated carbocycles. The van der Waals surface area contributed by atoms with E-state index in [1.165, 1.54) is 19.3 Å². The molecule has 1 rings (SSSR count). The fourth-order valence-electron chi connectivity index (χ4n) is 2.22. The van der Waals surface area contributed by atoms with E-state index in [9.17, 15) is 15.2 Å². The minimum absolute atomic E-state index is 0. The Bertz CT molecular complexity index is 503. The molecular weight excluding hydrogens is 295 g/mol. The first-order valence-electron chi connectivity index (χ1n) is 6.76. The second kappa shape index (κ2) is 6.83. The van der Waals surface area contributed by atoms with Crippen LogP contribution in [0.25, 0.3) is 0 Å². The zero-order valence-electron chi connectivity index (χ0n) is 14.7. The van der Waals surface area contributed by atoms with Crippen LogP contribution in [0.1, 0.15) is 41.5 Å². The van der Waals surface area contributed by atoms with Gasteiger partial charge in [0.15, 0.2) is 5.78 Å². The fraction of sp³-hybridized carbons (Fsp3) is 0.667. The van der Waals surface area contributed by atoms with Crippen LogP contribution in [-0.4, -0.2) is 23.5 Å². The van der Waals surface area contributed by atoms with Crippen molar-refractivity contribution in [1.82, 2.24) is 0 Å². The Balaban J connectivity index is 0.00000441. The third-order valence-electron chi connectivity index (χ3n) is 3.51. The number of hydrogen-bond acceptors (Lipinski definition) is 5. The van der Waals surface area contributed by atoms with Crippen molar-refractivity contribution in [2.45, 2.75) is 47.3 Å². The molecule has 22 heavy (non-hydrogen) atoms. The second-order valence-corrected chi connectivity index (χ2v) is 7.26. The van der Waals surface area contributed by atoms with Gasteiger partial charge in [0.05, 0.1) is 0 Å². The Labute approximate surface area is 153 Å². The molecule has 0 bridgehead atoms. The number of methoxy groups -OCH3 is 1. The predicted octanol–water partition coefficient (Wildman–Crippen LogP) is 0.321. The van der Waals surface area contributed by atoms with Gasteiger partial charge in [0.1, 0.15) is 0 Å². The number of carbonyl (C=O) groups is 1. The Morgan fingerprint density at radius 2 is 1.45 bits per heavy atom. The van der Waals surface area contributed by atoms with Crippen LogP contribution >= 0.6 is 0 Å². The number of hydrogen-bond donors (Lipinski definition) is 0. The van der Waals surface area contributed by atoms with Crippen LogP contribution in [0.15, 0.2) is 28.6 Å². The standard InChI is InChI=1S/C15H24N2O4.Na/c1-13(2,3)10-8-15(21-7,17(20)16-19)9-11(12(10)18)14(4,5)6;/h8-9,19H,1-7H3;/q;+1/p-1/b17-16-;. The molecule has 0 aliphatic heterocycles. The molecule has 1 aliphatic rings. The number of allylic oxidation sites excluding steroid dienone is 2. The molecule has 0 spiro atoms. The first-order valence-corrected chi connectivity index (χ1v) is 6.76. The smallest absolute Gasteiger partial charge is 0.739 e. The monoisotopic (exact) mass is 318 g/mol. The zero-order chi connectivity index (χ0) is 16.6. The molecule has 0 unspecified atom stereocenters. The van der Waals surface area contributed by atoms with Crippen molar-refractivity contribution < 1.29 is 43.9 Å². The van der Waals surface area contributed by atoms with Crippen LogP contribution in [0, 0.1) is 21.2 Å². The first-order chi connectivity index (χ1) is 9.39. The Morgan fingerprint density at radius 1 is 1.09 bits per heavy atom. The molecule has 6 nitrogen and oxygen atoms in total. The molecule has 0 aromatic carbocycles. The van der Waals surface area contributed by atoms with Crippen LogP contribution in [0.4, 0.5) is 0 Å². The molecule has 0 fully saturated rings. The number of carbonyl (C=O) groups excluding carboxylic acids is 1. The van der Waals surface area contributed by atoms with E-state index >= 15 is 0 Å². The normalized spacial score (nSPS) is 19.2. The van der Waals surface area contributed by atoms with Crippen molar-refractivity contribution in [3.8, 4) is 0 Å². The van der Waals surface area contributed by atoms with Gasteiger partial charge >= 0.3 is 35.3 Å². The van der Waals surface area contributed by atoms with Gasteiger partial charge in [0, 0.05) is 30.4 Å². The summed E-state index contributed by atoms with van der Waals surface area (Å²) in [4.78, 5) is 12.7. The number of ketones is 1. The molecule has 0 radical (unpaired) electrons. The summed E-state index contributed by atoms with van der Waals surface area (Å²) in [6.45, 7) is 11.2. The van der Waals surface area contributed by atoms with Crippen LogP contribution in [0.3, 0.4) is 0 Å². The van der Waals surface area contributed by atoms with Gasteiger partial charge in [-0.1, -0.05) is 46.4 Å². The fourth-order valence-corrected chi connectivity index (χ4v) is 2.22. The molecule has 0 amide bonds. The maximum Gasteiger partial charge on any atom is 1.00 e. The summed E-state index contributed by atoms with van der Waals surface area (Å²) in [7, 11) is 1.30. The molecule has 0 heterocycles. The summed E-state index contributed by atoms with van der Waals surface area (Å²) in [6, 6.07) is 0. The van der Waals surface area contributed by atoms with E-state index < -0.39 is 16.6 Å². The van der Waals surface area contributed by atoms with E-state index in [0.717, 1.165) is 0 Å². The molecule has 0 N–H and O–H groups in total. The van der Waals surface area contributed by atoms with Gasteiger partial charge in [0.25, 0.3) is 0 Å². The minimum Gasteiger partial charge on any atom is -0.739 e. The quantitative estimate of drug-likeness (QED) is 0.241. The van der Waals surface area contributed by atoms with Gasteiger partial charge in [-0.25, -0.2) is 0 Å². The molecule has 0 aromatic rings. The summed E-state index contributed by atoms with van der Waals surface area (Å²) < 4.78 is 5.25. The van der Waals surface area contributed by atoms with E-state index in [1.807, 2.05) is 41.5 Å². The largest absolute Gasteiger partial charge is 1.00 e. The van der Waals surface area contributed by atoms with Crippen LogP contribution in [0.2, 0.25) is 0 Å². The zero-order valence-corrected chi connectivity index (χ0v) is 16.7. The van der Waals surface area contributed by atoms with Gasteiger partial charge in [-0.05, 0) is 16.1 Å². The van der Waals surface area contributed by atoms with E-state index in [0.29, 0.717) is 11.1 Å². The average Bonchev–Trinajstić information content (AvgIpc) is 2.35. The summed E-state index contributed by atoms with van der Waals surface area (Å²) in [6.07, 6.45) is 2.78. The number of ether oxygens (including phenoxy) is 1. The van der Waals surface area contributed by atoms with Crippen molar-refractivity contribution >= 4 is 5.78 Å². The summed E-state index contributed by atoms with van der Waals surface area (Å²) in [5.74, 6) is -0.137. The maximum absolute atomic E-state index is 12.7. The molecule has 118 valence electrons. The van der Waals surface area contributed by atoms with Crippen LogP contribution in [-0.2, 0) is 9.53 Å². The maximum atomic E-state index is 12.7. The SMILES string of the molecule is COC1(/[N+]([O-])=N/[O-])C=C(C(C)(C)C)C(=O)C(C(C)(C)C)=C1.[Na+]. The minimum atomic E-state index is -1.68. The number of rotatable bonds is 2. The number of nitrogens with zero attached hydrogens (tertiary/aromatic N) is 2. The van der Waals surface area contributed by atoms with Crippen molar-refractivity contribution in [3.63, 3.8) is 0 Å². The first kappa shape index (κ1) is 21.3. The molecule has 0 saturated heterocycles. The van der Waals surface area contributed by atoms with Crippen LogP contribution < -0.4 is 29.6 Å². The van der Waals surface area contributed by atoms with Gasteiger partial charge in [0.2, 0.25) is 0 Å². The van der Waals surface area contributed by atoms with E-state index in [-0.39, 0.29) is 40.2 Å². The molecule has 0 aromatic heterocycles. The van der Waals surface area contributed by atoms with E-state index in [1.54, 1.807) is 0 Å². The Hall–Kier alpha value is -0.690. The Morgan fingerprint density at radius 3 is 1.68 bits per heavy atom. The predicted molar refractivity (Wildman–Crippen MR) is 79.2 cm³/mol. The van der Waals surface area contributed by atoms with Gasteiger partial charge in [-0.15, -0.1) is 0 Å². The second-order valence-electron chi connectivity index (χ2n) is 7.26. The third kappa shape index (κ3) is 3.98. The molecule has 1 aliphatic carbocycles. The molecule has 7 heteroatoms. The summed E-state index contributed by atoms with van der Waals surface area (Å²) in [5.41, 5.74) is -1.80. The molecular formula is C15H23N2NaO4.